The zero-order valence-electron chi connectivity index (χ0n) is 7.29. The third-order valence-electron chi connectivity index (χ3n) is 2.50. The van der Waals surface area contributed by atoms with Crippen LogP contribution in [0.5, 0.6) is 0 Å². The molecule has 0 aromatic carbocycles. The predicted molar refractivity (Wildman–Crippen MR) is 54.4 cm³/mol. The molecular weight excluding hydrogens is 206 g/mol. The Morgan fingerprint density at radius 3 is 3.23 bits per heavy atom. The van der Waals surface area contributed by atoms with Crippen molar-refractivity contribution in [1.29, 1.82) is 0 Å². The lowest BCUT2D eigenvalue weighted by Crippen LogP contribution is -2.34. The molecule has 2 rings (SSSR count). The molecular formula is C9H10ClNOS. The summed E-state index contributed by atoms with van der Waals surface area (Å²) in [6.45, 7) is 2.77. The Morgan fingerprint density at radius 1 is 1.77 bits per heavy atom. The SMILES string of the molecule is CC1c2ccsc2CCN1C(=O)Cl. The molecule has 0 saturated carbocycles. The number of carbonyl (C=O) groups is 1. The van der Waals surface area contributed by atoms with E-state index in [1.54, 1.807) is 16.2 Å². The van der Waals surface area contributed by atoms with Gasteiger partial charge in [-0.25, -0.2) is 0 Å². The van der Waals surface area contributed by atoms with Gasteiger partial charge in [-0.3, -0.25) is 4.79 Å². The van der Waals surface area contributed by atoms with Crippen molar-refractivity contribution in [3.8, 4) is 0 Å². The quantitative estimate of drug-likeness (QED) is 0.481. The average Bonchev–Trinajstić information content (AvgIpc) is 2.52. The molecule has 1 aromatic rings. The first kappa shape index (κ1) is 9.03. The van der Waals surface area contributed by atoms with Gasteiger partial charge in [-0.05, 0) is 42.0 Å². The maximum atomic E-state index is 11.0. The Balaban J connectivity index is 2.32. The van der Waals surface area contributed by atoms with E-state index < -0.39 is 0 Å². The van der Waals surface area contributed by atoms with E-state index in [2.05, 4.69) is 11.4 Å². The van der Waals surface area contributed by atoms with Gasteiger partial charge in [0.1, 0.15) is 0 Å². The first-order chi connectivity index (χ1) is 6.20. The molecule has 0 fully saturated rings. The molecule has 0 spiro atoms. The fourth-order valence-electron chi connectivity index (χ4n) is 1.75. The summed E-state index contributed by atoms with van der Waals surface area (Å²) < 4.78 is 0. The Hall–Kier alpha value is -0.540. The van der Waals surface area contributed by atoms with Crippen LogP contribution in [-0.4, -0.2) is 16.8 Å². The minimum Gasteiger partial charge on any atom is -0.322 e. The number of halogens is 1. The van der Waals surface area contributed by atoms with Crippen LogP contribution >= 0.6 is 22.9 Å². The molecule has 0 N–H and O–H groups in total. The van der Waals surface area contributed by atoms with E-state index >= 15 is 0 Å². The summed E-state index contributed by atoms with van der Waals surface area (Å²) in [6, 6.07) is 2.22. The van der Waals surface area contributed by atoms with Crippen LogP contribution in [-0.2, 0) is 6.42 Å². The second kappa shape index (κ2) is 3.31. The van der Waals surface area contributed by atoms with Gasteiger partial charge in [0.25, 0.3) is 0 Å². The van der Waals surface area contributed by atoms with E-state index in [-0.39, 0.29) is 11.4 Å². The van der Waals surface area contributed by atoms with Gasteiger partial charge in [-0.1, -0.05) is 0 Å². The topological polar surface area (TPSA) is 20.3 Å². The highest BCUT2D eigenvalue weighted by Gasteiger charge is 2.26. The van der Waals surface area contributed by atoms with Crippen molar-refractivity contribution in [3.63, 3.8) is 0 Å². The fourth-order valence-corrected chi connectivity index (χ4v) is 2.94. The van der Waals surface area contributed by atoms with E-state index in [4.69, 9.17) is 11.6 Å². The van der Waals surface area contributed by atoms with Crippen LogP contribution in [0.15, 0.2) is 11.4 Å². The van der Waals surface area contributed by atoms with Crippen molar-refractivity contribution in [2.24, 2.45) is 0 Å². The lowest BCUT2D eigenvalue weighted by molar-refractivity contribution is 0.199. The number of thiophene rings is 1. The van der Waals surface area contributed by atoms with Crippen LogP contribution in [0.25, 0.3) is 0 Å². The summed E-state index contributed by atoms with van der Waals surface area (Å²) in [4.78, 5) is 14.1. The molecule has 1 amide bonds. The molecule has 2 heterocycles. The highest BCUT2D eigenvalue weighted by atomic mass is 35.5. The number of hydrogen-bond acceptors (Lipinski definition) is 2. The number of nitrogens with zero attached hydrogens (tertiary/aromatic N) is 1. The normalized spacial score (nSPS) is 21.4. The molecule has 1 unspecified atom stereocenters. The molecule has 1 aliphatic heterocycles. The number of rotatable bonds is 0. The minimum absolute atomic E-state index is 0.139. The Kier molecular flexibility index (Phi) is 2.30. The molecule has 1 aromatic heterocycles. The first-order valence-corrected chi connectivity index (χ1v) is 5.48. The average molecular weight is 216 g/mol. The van der Waals surface area contributed by atoms with Crippen LogP contribution in [0.2, 0.25) is 0 Å². The molecule has 1 aliphatic rings. The fraction of sp³-hybridized carbons (Fsp3) is 0.444. The van der Waals surface area contributed by atoms with Gasteiger partial charge in [0.05, 0.1) is 6.04 Å². The van der Waals surface area contributed by atoms with Gasteiger partial charge in [0.2, 0.25) is 0 Å². The van der Waals surface area contributed by atoms with Gasteiger partial charge >= 0.3 is 5.37 Å². The molecule has 0 bridgehead atoms. The third kappa shape index (κ3) is 1.46. The van der Waals surface area contributed by atoms with Gasteiger partial charge in [-0.2, -0.15) is 0 Å². The smallest absolute Gasteiger partial charge is 0.316 e. The molecule has 4 heteroatoms. The zero-order valence-corrected chi connectivity index (χ0v) is 8.86. The summed E-state index contributed by atoms with van der Waals surface area (Å²) in [7, 11) is 0. The van der Waals surface area contributed by atoms with Crippen molar-refractivity contribution in [2.45, 2.75) is 19.4 Å². The molecule has 70 valence electrons. The molecule has 2 nitrogen and oxygen atoms in total. The summed E-state index contributed by atoms with van der Waals surface area (Å²) in [5.41, 5.74) is 1.25. The zero-order chi connectivity index (χ0) is 9.42. The van der Waals surface area contributed by atoms with Crippen LogP contribution in [0.1, 0.15) is 23.4 Å². The second-order valence-electron chi connectivity index (χ2n) is 3.17. The summed E-state index contributed by atoms with van der Waals surface area (Å²) in [6.07, 6.45) is 0.940. The number of amides is 1. The Labute approximate surface area is 86.1 Å². The predicted octanol–water partition coefficient (Wildman–Crippen LogP) is 3.03. The van der Waals surface area contributed by atoms with Gasteiger partial charge in [0, 0.05) is 11.4 Å². The lowest BCUT2D eigenvalue weighted by atomic mass is 10.0. The molecule has 0 radical (unpaired) electrons. The number of hydrogen-bond donors (Lipinski definition) is 0. The monoisotopic (exact) mass is 215 g/mol. The van der Waals surface area contributed by atoms with E-state index in [1.165, 1.54) is 10.4 Å². The number of fused-ring (bicyclic) bond motifs is 1. The highest BCUT2D eigenvalue weighted by molar-refractivity contribution is 7.10. The van der Waals surface area contributed by atoms with Crippen LogP contribution in [0, 0.1) is 0 Å². The van der Waals surface area contributed by atoms with Gasteiger partial charge in [-0.15, -0.1) is 11.3 Å². The summed E-state index contributed by atoms with van der Waals surface area (Å²) in [5.74, 6) is 0. The van der Waals surface area contributed by atoms with Crippen LogP contribution in [0.3, 0.4) is 0 Å². The van der Waals surface area contributed by atoms with Crippen molar-refractivity contribution in [1.82, 2.24) is 4.90 Å². The van der Waals surface area contributed by atoms with Crippen molar-refractivity contribution in [2.75, 3.05) is 6.54 Å². The minimum atomic E-state index is -0.343. The van der Waals surface area contributed by atoms with E-state index in [0.717, 1.165) is 13.0 Å². The van der Waals surface area contributed by atoms with E-state index in [1.807, 2.05) is 6.92 Å². The number of carbonyl (C=O) groups excluding carboxylic acids is 1. The first-order valence-electron chi connectivity index (χ1n) is 4.22. The van der Waals surface area contributed by atoms with Crippen LogP contribution < -0.4 is 0 Å². The van der Waals surface area contributed by atoms with Gasteiger partial charge < -0.3 is 4.90 Å². The third-order valence-corrected chi connectivity index (χ3v) is 3.72. The Morgan fingerprint density at radius 2 is 2.54 bits per heavy atom. The van der Waals surface area contributed by atoms with Crippen molar-refractivity contribution >= 4 is 28.3 Å². The molecule has 0 aliphatic carbocycles. The largest absolute Gasteiger partial charge is 0.322 e. The van der Waals surface area contributed by atoms with E-state index in [0.29, 0.717) is 0 Å². The molecule has 1 atom stereocenters. The van der Waals surface area contributed by atoms with Gasteiger partial charge in [0.15, 0.2) is 0 Å². The highest BCUT2D eigenvalue weighted by Crippen LogP contribution is 2.33. The van der Waals surface area contributed by atoms with Crippen molar-refractivity contribution in [3.05, 3.63) is 21.9 Å². The van der Waals surface area contributed by atoms with Crippen molar-refractivity contribution < 1.29 is 4.79 Å². The molecule has 13 heavy (non-hydrogen) atoms. The second-order valence-corrected chi connectivity index (χ2v) is 4.50. The maximum Gasteiger partial charge on any atom is 0.316 e. The lowest BCUT2D eigenvalue weighted by Gasteiger charge is -2.31. The molecule has 0 saturated heterocycles. The standard InChI is InChI=1S/C9H10ClNOS/c1-6-7-3-5-13-8(7)2-4-11(6)9(10)12/h3,5-6H,2,4H2,1H3. The van der Waals surface area contributed by atoms with E-state index in [9.17, 15) is 4.79 Å². The maximum absolute atomic E-state index is 11.0. The summed E-state index contributed by atoms with van der Waals surface area (Å²) in [5, 5.41) is 1.73. The van der Waals surface area contributed by atoms with Crippen LogP contribution in [0.4, 0.5) is 4.79 Å². The summed E-state index contributed by atoms with van der Waals surface area (Å²) >= 11 is 7.24. The Bertz CT molecular complexity index is 336.